The van der Waals surface area contributed by atoms with Gasteiger partial charge < -0.3 is 14.2 Å². The van der Waals surface area contributed by atoms with Gasteiger partial charge in [0.2, 0.25) is 5.91 Å². The maximum atomic E-state index is 12.5. The summed E-state index contributed by atoms with van der Waals surface area (Å²) in [6.07, 6.45) is 6.08. The molecule has 0 aromatic carbocycles. The number of ether oxygens (including phenoxy) is 1. The van der Waals surface area contributed by atoms with Crippen molar-refractivity contribution >= 4 is 5.91 Å². The van der Waals surface area contributed by atoms with E-state index in [4.69, 9.17) is 9.26 Å². The average molecular weight is 302 g/mol. The van der Waals surface area contributed by atoms with Gasteiger partial charge in [-0.15, -0.1) is 0 Å². The third-order valence-corrected chi connectivity index (χ3v) is 3.85. The van der Waals surface area contributed by atoms with E-state index in [0.29, 0.717) is 24.5 Å². The molecule has 3 heterocycles. The third kappa shape index (κ3) is 3.08. The molecular weight excluding hydrogens is 284 g/mol. The van der Waals surface area contributed by atoms with Gasteiger partial charge in [0.15, 0.2) is 0 Å². The molecule has 116 valence electrons. The summed E-state index contributed by atoms with van der Waals surface area (Å²) in [6.45, 7) is 0.771. The van der Waals surface area contributed by atoms with Gasteiger partial charge in [-0.1, -0.05) is 0 Å². The highest BCUT2D eigenvalue weighted by Crippen LogP contribution is 2.31. The van der Waals surface area contributed by atoms with Crippen molar-refractivity contribution < 1.29 is 14.1 Å². The molecule has 0 unspecified atom stereocenters. The van der Waals surface area contributed by atoms with E-state index in [0.717, 1.165) is 25.1 Å². The molecule has 2 aromatic heterocycles. The maximum absolute atomic E-state index is 12.5. The number of hydrogen-bond donors (Lipinski definition) is 0. The summed E-state index contributed by atoms with van der Waals surface area (Å²) in [5, 5.41) is 3.73. The van der Waals surface area contributed by atoms with E-state index in [9.17, 15) is 4.79 Å². The van der Waals surface area contributed by atoms with Crippen LogP contribution in [0.15, 0.2) is 29.2 Å². The standard InChI is InChI=1S/C15H18N4O3/c1-21-14-9-11(22-18-14)4-5-15(20)19-8-2-3-13(19)12-6-7-16-10-17-12/h6-7,9-10,13H,2-5,8H2,1H3/t13-/m0/s1. The predicted molar refractivity (Wildman–Crippen MR) is 77.1 cm³/mol. The fourth-order valence-electron chi connectivity index (χ4n) is 2.75. The molecule has 1 aliphatic rings. The minimum absolute atomic E-state index is 0.0553. The van der Waals surface area contributed by atoms with Crippen LogP contribution in [0.4, 0.5) is 0 Å². The molecule has 0 spiro atoms. The van der Waals surface area contributed by atoms with Crippen LogP contribution in [0.5, 0.6) is 5.88 Å². The van der Waals surface area contributed by atoms with Gasteiger partial charge in [0.05, 0.1) is 18.8 Å². The summed E-state index contributed by atoms with van der Waals surface area (Å²) < 4.78 is 10.1. The summed E-state index contributed by atoms with van der Waals surface area (Å²) in [5.41, 5.74) is 0.905. The van der Waals surface area contributed by atoms with Crippen molar-refractivity contribution in [2.45, 2.75) is 31.7 Å². The largest absolute Gasteiger partial charge is 0.479 e. The normalized spacial score (nSPS) is 17.7. The lowest BCUT2D eigenvalue weighted by Crippen LogP contribution is -2.31. The van der Waals surface area contributed by atoms with E-state index < -0.39 is 0 Å². The van der Waals surface area contributed by atoms with Crippen LogP contribution < -0.4 is 4.74 Å². The Morgan fingerprint density at radius 3 is 3.18 bits per heavy atom. The Balaban J connectivity index is 1.61. The van der Waals surface area contributed by atoms with Gasteiger partial charge in [0.1, 0.15) is 12.1 Å². The Hall–Kier alpha value is -2.44. The van der Waals surface area contributed by atoms with Crippen molar-refractivity contribution in [2.24, 2.45) is 0 Å². The summed E-state index contributed by atoms with van der Waals surface area (Å²) in [5.74, 6) is 1.20. The topological polar surface area (TPSA) is 81.4 Å². The van der Waals surface area contributed by atoms with Gasteiger partial charge >= 0.3 is 0 Å². The first kappa shape index (κ1) is 14.5. The molecule has 1 saturated heterocycles. The van der Waals surface area contributed by atoms with Crippen LogP contribution in [0, 0.1) is 0 Å². The lowest BCUT2D eigenvalue weighted by atomic mass is 10.1. The molecule has 0 aliphatic carbocycles. The number of nitrogens with zero attached hydrogens (tertiary/aromatic N) is 4. The molecule has 7 heteroatoms. The molecule has 0 bridgehead atoms. The molecule has 2 aromatic rings. The molecule has 1 aliphatic heterocycles. The van der Waals surface area contributed by atoms with Crippen LogP contribution >= 0.6 is 0 Å². The summed E-state index contributed by atoms with van der Waals surface area (Å²) in [4.78, 5) is 22.6. The highest BCUT2D eigenvalue weighted by molar-refractivity contribution is 5.77. The van der Waals surface area contributed by atoms with Crippen molar-refractivity contribution in [3.05, 3.63) is 36.1 Å². The minimum atomic E-state index is 0.0553. The monoisotopic (exact) mass is 302 g/mol. The zero-order chi connectivity index (χ0) is 15.4. The summed E-state index contributed by atoms with van der Waals surface area (Å²) in [7, 11) is 1.53. The van der Waals surface area contributed by atoms with E-state index in [1.165, 1.54) is 13.4 Å². The average Bonchev–Trinajstić information content (AvgIpc) is 3.22. The number of methoxy groups -OCH3 is 1. The molecule has 22 heavy (non-hydrogen) atoms. The van der Waals surface area contributed by atoms with Gasteiger partial charge in [-0.2, -0.15) is 0 Å². The fourth-order valence-corrected chi connectivity index (χ4v) is 2.75. The van der Waals surface area contributed by atoms with Crippen LogP contribution in [0.2, 0.25) is 0 Å². The van der Waals surface area contributed by atoms with E-state index >= 15 is 0 Å². The zero-order valence-electron chi connectivity index (χ0n) is 12.4. The van der Waals surface area contributed by atoms with Gasteiger partial charge in [-0.05, 0) is 24.1 Å². The number of amides is 1. The minimum Gasteiger partial charge on any atom is -0.479 e. The van der Waals surface area contributed by atoms with Crippen molar-refractivity contribution in [1.29, 1.82) is 0 Å². The van der Waals surface area contributed by atoms with Gasteiger partial charge in [0, 0.05) is 31.6 Å². The molecule has 0 saturated carbocycles. The van der Waals surface area contributed by atoms with Crippen LogP contribution in [-0.2, 0) is 11.2 Å². The molecule has 3 rings (SSSR count). The Morgan fingerprint density at radius 1 is 1.55 bits per heavy atom. The second-order valence-corrected chi connectivity index (χ2v) is 5.21. The van der Waals surface area contributed by atoms with Crippen LogP contribution in [0.1, 0.15) is 36.8 Å². The fraction of sp³-hybridized carbons (Fsp3) is 0.467. The van der Waals surface area contributed by atoms with E-state index in [1.54, 1.807) is 12.3 Å². The summed E-state index contributed by atoms with van der Waals surface area (Å²) in [6, 6.07) is 3.64. The lowest BCUT2D eigenvalue weighted by Gasteiger charge is -2.24. The Labute approximate surface area is 128 Å². The third-order valence-electron chi connectivity index (χ3n) is 3.85. The maximum Gasteiger partial charge on any atom is 0.254 e. The second kappa shape index (κ2) is 6.55. The van der Waals surface area contributed by atoms with Crippen molar-refractivity contribution in [3.63, 3.8) is 0 Å². The van der Waals surface area contributed by atoms with Crippen molar-refractivity contribution in [3.8, 4) is 5.88 Å². The molecule has 1 amide bonds. The number of rotatable bonds is 5. The Morgan fingerprint density at radius 2 is 2.45 bits per heavy atom. The first-order valence-electron chi connectivity index (χ1n) is 7.33. The van der Waals surface area contributed by atoms with E-state index in [1.807, 2.05) is 11.0 Å². The number of aryl methyl sites for hydroxylation is 1. The van der Waals surface area contributed by atoms with Gasteiger partial charge in [0.25, 0.3) is 5.88 Å². The molecule has 1 atom stereocenters. The Kier molecular flexibility index (Phi) is 4.32. The second-order valence-electron chi connectivity index (χ2n) is 5.21. The molecular formula is C15H18N4O3. The lowest BCUT2D eigenvalue weighted by molar-refractivity contribution is -0.132. The number of carbonyl (C=O) groups is 1. The zero-order valence-corrected chi connectivity index (χ0v) is 12.4. The van der Waals surface area contributed by atoms with Crippen LogP contribution in [-0.4, -0.2) is 39.6 Å². The van der Waals surface area contributed by atoms with E-state index in [-0.39, 0.29) is 11.9 Å². The number of hydrogen-bond acceptors (Lipinski definition) is 6. The smallest absolute Gasteiger partial charge is 0.254 e. The first-order valence-corrected chi connectivity index (χ1v) is 7.33. The Bertz CT molecular complexity index is 629. The van der Waals surface area contributed by atoms with Crippen LogP contribution in [0.25, 0.3) is 0 Å². The molecule has 1 fully saturated rings. The van der Waals surface area contributed by atoms with Crippen molar-refractivity contribution in [1.82, 2.24) is 20.0 Å². The van der Waals surface area contributed by atoms with Gasteiger partial charge in [-0.3, -0.25) is 4.79 Å². The van der Waals surface area contributed by atoms with E-state index in [2.05, 4.69) is 15.1 Å². The summed E-state index contributed by atoms with van der Waals surface area (Å²) >= 11 is 0. The molecule has 0 N–H and O–H groups in total. The number of carbonyl (C=O) groups excluding carboxylic acids is 1. The predicted octanol–water partition coefficient (Wildman–Crippen LogP) is 1.77. The number of likely N-dealkylation sites (tertiary alicyclic amines) is 1. The van der Waals surface area contributed by atoms with Crippen LogP contribution in [0.3, 0.4) is 0 Å². The highest BCUT2D eigenvalue weighted by atomic mass is 16.5. The SMILES string of the molecule is COc1cc(CCC(=O)N2CCC[C@H]2c2ccncn2)on1. The first-order chi connectivity index (χ1) is 10.8. The quantitative estimate of drug-likeness (QED) is 0.837. The number of aromatic nitrogens is 3. The molecule has 0 radical (unpaired) electrons. The van der Waals surface area contributed by atoms with Gasteiger partial charge in [-0.25, -0.2) is 9.97 Å². The highest BCUT2D eigenvalue weighted by Gasteiger charge is 2.30. The van der Waals surface area contributed by atoms with Crippen molar-refractivity contribution in [2.75, 3.05) is 13.7 Å². The molecule has 7 nitrogen and oxygen atoms in total.